The minimum absolute atomic E-state index is 0.0766. The van der Waals surface area contributed by atoms with E-state index >= 15 is 0 Å². The number of aryl methyl sites for hydroxylation is 1. The van der Waals surface area contributed by atoms with Crippen molar-refractivity contribution < 1.29 is 9.72 Å². The second-order valence-electron chi connectivity index (χ2n) is 4.18. The lowest BCUT2D eigenvalue weighted by molar-refractivity contribution is -0.384. The molecule has 3 N–H and O–H groups in total. The van der Waals surface area contributed by atoms with E-state index in [0.717, 1.165) is 10.9 Å². The summed E-state index contributed by atoms with van der Waals surface area (Å²) in [5.41, 5.74) is 3.07. The minimum Gasteiger partial charge on any atom is -0.347 e. The molecule has 7 heteroatoms. The number of rotatable bonds is 5. The fourth-order valence-corrected chi connectivity index (χ4v) is 1.98. The molecule has 100 valence electrons. The summed E-state index contributed by atoms with van der Waals surface area (Å²) in [5, 5.41) is 11.5. The zero-order chi connectivity index (χ0) is 13.8. The van der Waals surface area contributed by atoms with Crippen molar-refractivity contribution in [1.29, 1.82) is 0 Å². The Bertz CT molecular complexity index is 620. The van der Waals surface area contributed by atoms with Crippen molar-refractivity contribution in [2.75, 3.05) is 0 Å². The number of nitrogens with zero attached hydrogens (tertiary/aromatic N) is 2. The Morgan fingerprint density at radius 2 is 2.21 bits per heavy atom. The van der Waals surface area contributed by atoms with E-state index in [2.05, 4.69) is 5.43 Å². The number of hydrogen-bond donors (Lipinski definition) is 2. The predicted molar refractivity (Wildman–Crippen MR) is 70.2 cm³/mol. The number of nitrogens with one attached hydrogen (secondary N) is 1. The third-order valence-corrected chi connectivity index (χ3v) is 2.93. The summed E-state index contributed by atoms with van der Waals surface area (Å²) in [7, 11) is 0. The molecule has 1 heterocycles. The van der Waals surface area contributed by atoms with E-state index in [1.165, 1.54) is 6.07 Å². The number of benzene rings is 1. The molecular formula is C12H14N4O3. The summed E-state index contributed by atoms with van der Waals surface area (Å²) in [6.45, 7) is 0.661. The molecule has 0 aliphatic rings. The normalized spacial score (nSPS) is 10.6. The number of carbonyl (C=O) groups is 1. The topological polar surface area (TPSA) is 103 Å². The van der Waals surface area contributed by atoms with E-state index in [-0.39, 0.29) is 11.6 Å². The quantitative estimate of drug-likeness (QED) is 0.367. The van der Waals surface area contributed by atoms with Crippen LogP contribution in [0.15, 0.2) is 30.5 Å². The van der Waals surface area contributed by atoms with Gasteiger partial charge < -0.3 is 4.57 Å². The van der Waals surface area contributed by atoms with Crippen molar-refractivity contribution in [1.82, 2.24) is 9.99 Å². The van der Waals surface area contributed by atoms with Gasteiger partial charge in [-0.3, -0.25) is 20.3 Å². The number of aromatic nitrogens is 1. The molecule has 0 fully saturated rings. The molecule has 0 aliphatic carbocycles. The van der Waals surface area contributed by atoms with Gasteiger partial charge in [-0.15, -0.1) is 0 Å². The molecule has 2 rings (SSSR count). The van der Waals surface area contributed by atoms with Crippen LogP contribution >= 0.6 is 0 Å². The van der Waals surface area contributed by atoms with Crippen molar-refractivity contribution >= 4 is 22.5 Å². The number of carbonyl (C=O) groups excluding carboxylic acids is 1. The Morgan fingerprint density at radius 3 is 2.89 bits per heavy atom. The number of non-ortho nitro benzene ring substituents is 1. The number of hydrogen-bond acceptors (Lipinski definition) is 4. The van der Waals surface area contributed by atoms with Crippen LogP contribution in [0.1, 0.15) is 12.8 Å². The van der Waals surface area contributed by atoms with Crippen molar-refractivity contribution in [3.05, 3.63) is 40.6 Å². The Balaban J connectivity index is 2.12. The van der Waals surface area contributed by atoms with Gasteiger partial charge in [0.1, 0.15) is 0 Å². The van der Waals surface area contributed by atoms with E-state index < -0.39 is 4.92 Å². The minimum atomic E-state index is -0.414. The molecule has 1 aromatic carbocycles. The second-order valence-corrected chi connectivity index (χ2v) is 4.18. The molecule has 0 spiro atoms. The molecule has 0 unspecified atom stereocenters. The molecule has 0 atom stereocenters. The van der Waals surface area contributed by atoms with E-state index in [1.54, 1.807) is 12.1 Å². The van der Waals surface area contributed by atoms with Gasteiger partial charge in [0, 0.05) is 42.2 Å². The molecule has 0 saturated heterocycles. The predicted octanol–water partition coefficient (Wildman–Crippen LogP) is 1.32. The summed E-state index contributed by atoms with van der Waals surface area (Å²) in [6, 6.07) is 6.56. The highest BCUT2D eigenvalue weighted by atomic mass is 16.6. The summed E-state index contributed by atoms with van der Waals surface area (Å²) in [6.07, 6.45) is 2.86. The van der Waals surface area contributed by atoms with Crippen LogP contribution in [-0.2, 0) is 11.3 Å². The van der Waals surface area contributed by atoms with Crippen molar-refractivity contribution in [3.8, 4) is 0 Å². The highest BCUT2D eigenvalue weighted by molar-refractivity contribution is 5.82. The zero-order valence-corrected chi connectivity index (χ0v) is 10.2. The summed E-state index contributed by atoms with van der Waals surface area (Å²) in [5.74, 6) is 4.80. The third-order valence-electron chi connectivity index (χ3n) is 2.93. The van der Waals surface area contributed by atoms with Crippen LogP contribution in [0, 0.1) is 10.1 Å². The van der Waals surface area contributed by atoms with Crippen LogP contribution in [0.3, 0.4) is 0 Å². The first kappa shape index (κ1) is 13.0. The van der Waals surface area contributed by atoms with E-state index in [9.17, 15) is 14.9 Å². The molecule has 0 saturated carbocycles. The van der Waals surface area contributed by atoms with Gasteiger partial charge in [0.15, 0.2) is 0 Å². The Morgan fingerprint density at radius 1 is 1.42 bits per heavy atom. The Labute approximate surface area is 109 Å². The van der Waals surface area contributed by atoms with Gasteiger partial charge in [0.25, 0.3) is 5.69 Å². The van der Waals surface area contributed by atoms with Crippen LogP contribution in [-0.4, -0.2) is 15.4 Å². The lowest BCUT2D eigenvalue weighted by atomic mass is 10.2. The maximum atomic E-state index is 11.0. The fourth-order valence-electron chi connectivity index (χ4n) is 1.98. The highest BCUT2D eigenvalue weighted by Gasteiger charge is 2.08. The number of nitro benzene ring substituents is 1. The molecule has 1 amide bonds. The highest BCUT2D eigenvalue weighted by Crippen LogP contribution is 2.22. The van der Waals surface area contributed by atoms with E-state index in [4.69, 9.17) is 5.84 Å². The van der Waals surface area contributed by atoms with E-state index in [0.29, 0.717) is 19.4 Å². The molecule has 1 aromatic heterocycles. The Kier molecular flexibility index (Phi) is 3.76. The fraction of sp³-hybridized carbons (Fsp3) is 0.250. The molecule has 19 heavy (non-hydrogen) atoms. The lowest BCUT2D eigenvalue weighted by Gasteiger charge is -2.04. The van der Waals surface area contributed by atoms with Crippen LogP contribution in [0.2, 0.25) is 0 Å². The average Bonchev–Trinajstić information content (AvgIpc) is 2.81. The first-order valence-electron chi connectivity index (χ1n) is 5.84. The van der Waals surface area contributed by atoms with Crippen molar-refractivity contribution in [3.63, 3.8) is 0 Å². The Hall–Kier alpha value is -2.41. The molecule has 0 bridgehead atoms. The van der Waals surface area contributed by atoms with Gasteiger partial charge in [0.2, 0.25) is 5.91 Å². The number of nitrogens with two attached hydrogens (primary N) is 1. The smallest absolute Gasteiger partial charge is 0.270 e. The SMILES string of the molecule is NNC(=O)CCCn1ccc2cc([N+](=O)[O-])ccc21. The number of amides is 1. The lowest BCUT2D eigenvalue weighted by Crippen LogP contribution is -2.29. The van der Waals surface area contributed by atoms with Gasteiger partial charge >= 0.3 is 0 Å². The first-order valence-corrected chi connectivity index (χ1v) is 5.84. The monoisotopic (exact) mass is 262 g/mol. The summed E-state index contributed by atoms with van der Waals surface area (Å²) in [4.78, 5) is 21.3. The zero-order valence-electron chi connectivity index (χ0n) is 10.2. The summed E-state index contributed by atoms with van der Waals surface area (Å²) >= 11 is 0. The van der Waals surface area contributed by atoms with Crippen LogP contribution in [0.5, 0.6) is 0 Å². The van der Waals surface area contributed by atoms with Gasteiger partial charge in [-0.05, 0) is 18.6 Å². The summed E-state index contributed by atoms with van der Waals surface area (Å²) < 4.78 is 1.96. The van der Waals surface area contributed by atoms with Gasteiger partial charge in [-0.2, -0.15) is 0 Å². The van der Waals surface area contributed by atoms with Gasteiger partial charge in [0.05, 0.1) is 4.92 Å². The van der Waals surface area contributed by atoms with Crippen molar-refractivity contribution in [2.24, 2.45) is 5.84 Å². The molecule has 7 nitrogen and oxygen atoms in total. The van der Waals surface area contributed by atoms with Crippen molar-refractivity contribution in [2.45, 2.75) is 19.4 Å². The standard InChI is InChI=1S/C12H14N4O3/c13-14-12(17)2-1-6-15-7-5-9-8-10(16(18)19)3-4-11(9)15/h3-5,7-8H,1-2,6,13H2,(H,14,17). The van der Waals surface area contributed by atoms with E-state index in [1.807, 2.05) is 16.8 Å². The molecule has 2 aromatic rings. The van der Waals surface area contributed by atoms with Gasteiger partial charge in [-0.1, -0.05) is 0 Å². The number of nitro groups is 1. The maximum Gasteiger partial charge on any atom is 0.270 e. The largest absolute Gasteiger partial charge is 0.347 e. The van der Waals surface area contributed by atoms with Crippen LogP contribution in [0.4, 0.5) is 5.69 Å². The van der Waals surface area contributed by atoms with Gasteiger partial charge in [-0.25, -0.2) is 5.84 Å². The maximum absolute atomic E-state index is 11.0. The average molecular weight is 262 g/mol. The molecular weight excluding hydrogens is 248 g/mol. The van der Waals surface area contributed by atoms with Crippen LogP contribution < -0.4 is 11.3 Å². The first-order chi connectivity index (χ1) is 9.11. The van der Waals surface area contributed by atoms with Crippen LogP contribution in [0.25, 0.3) is 10.9 Å². The molecule has 0 aliphatic heterocycles. The second kappa shape index (κ2) is 5.49. The third kappa shape index (κ3) is 2.89. The number of fused-ring (bicyclic) bond motifs is 1. The molecule has 0 radical (unpaired) electrons. The number of hydrazine groups is 1.